The quantitative estimate of drug-likeness (QED) is 0.727. The Bertz CT molecular complexity index is 1050. The van der Waals surface area contributed by atoms with Gasteiger partial charge < -0.3 is 9.64 Å². The summed E-state index contributed by atoms with van der Waals surface area (Å²) in [6, 6.07) is 11.3. The Morgan fingerprint density at radius 2 is 1.97 bits per heavy atom. The zero-order valence-electron chi connectivity index (χ0n) is 16.0. The van der Waals surface area contributed by atoms with Crippen molar-refractivity contribution in [3.63, 3.8) is 0 Å². The molecule has 2 aromatic carbocycles. The lowest BCUT2D eigenvalue weighted by Crippen LogP contribution is -2.44. The fourth-order valence-corrected chi connectivity index (χ4v) is 4.24. The summed E-state index contributed by atoms with van der Waals surface area (Å²) in [6.07, 6.45) is 1.69. The predicted octanol–water partition coefficient (Wildman–Crippen LogP) is 2.77. The van der Waals surface area contributed by atoms with Crippen LogP contribution in [0.15, 0.2) is 47.4 Å². The van der Waals surface area contributed by atoms with Crippen molar-refractivity contribution in [2.75, 3.05) is 18.6 Å². The molecule has 0 saturated heterocycles. The highest BCUT2D eigenvalue weighted by atomic mass is 35.5. The molecule has 0 radical (unpaired) electrons. The van der Waals surface area contributed by atoms with E-state index in [-0.39, 0.29) is 27.4 Å². The van der Waals surface area contributed by atoms with Crippen LogP contribution < -0.4 is 9.62 Å². The van der Waals surface area contributed by atoms with Gasteiger partial charge in [-0.25, -0.2) is 17.9 Å². The fraction of sp³-hybridized carbons (Fsp3) is 0.300. The van der Waals surface area contributed by atoms with Crippen molar-refractivity contribution in [2.45, 2.75) is 30.7 Å². The minimum Gasteiger partial charge on any atom is -0.452 e. The number of carbonyl (C=O) groups excluding carboxylic acids is 2. The van der Waals surface area contributed by atoms with Crippen LogP contribution in [0, 0.1) is 0 Å². The van der Waals surface area contributed by atoms with E-state index in [1.54, 1.807) is 4.90 Å². The van der Waals surface area contributed by atoms with E-state index in [2.05, 4.69) is 4.72 Å². The maximum absolute atomic E-state index is 12.8. The number of aryl methyl sites for hydroxylation is 1. The van der Waals surface area contributed by atoms with E-state index in [4.69, 9.17) is 16.3 Å². The van der Waals surface area contributed by atoms with Crippen molar-refractivity contribution in [2.24, 2.45) is 0 Å². The number of esters is 1. The number of anilines is 1. The lowest BCUT2D eigenvalue weighted by atomic mass is 9.96. The minimum absolute atomic E-state index is 0.0243. The smallest absolute Gasteiger partial charge is 0.340 e. The SMILES string of the molecule is CNS(=O)(=O)c1ccc(Cl)c(C(=O)OCC(=O)N2c3ccccc3CCC2C)c1. The molecule has 1 amide bonds. The number of fused-ring (bicyclic) bond motifs is 1. The van der Waals surface area contributed by atoms with Crippen molar-refractivity contribution in [3.8, 4) is 0 Å². The summed E-state index contributed by atoms with van der Waals surface area (Å²) in [7, 11) is -2.49. The van der Waals surface area contributed by atoms with Gasteiger partial charge in [0, 0.05) is 11.7 Å². The van der Waals surface area contributed by atoms with Gasteiger partial charge in [0.1, 0.15) is 0 Å². The zero-order valence-corrected chi connectivity index (χ0v) is 17.6. The number of benzene rings is 2. The maximum atomic E-state index is 12.8. The summed E-state index contributed by atoms with van der Waals surface area (Å²) in [5, 5.41) is 0.0363. The molecule has 1 heterocycles. The molecule has 7 nitrogen and oxygen atoms in total. The van der Waals surface area contributed by atoms with Crippen LogP contribution in [0.3, 0.4) is 0 Å². The Morgan fingerprint density at radius 3 is 2.69 bits per heavy atom. The van der Waals surface area contributed by atoms with Crippen LogP contribution in [0.4, 0.5) is 5.69 Å². The highest BCUT2D eigenvalue weighted by Gasteiger charge is 2.29. The highest BCUT2D eigenvalue weighted by Crippen LogP contribution is 2.30. The molecular weight excluding hydrogens is 416 g/mol. The Kier molecular flexibility index (Phi) is 6.26. The van der Waals surface area contributed by atoms with E-state index in [0.29, 0.717) is 0 Å². The monoisotopic (exact) mass is 436 g/mol. The van der Waals surface area contributed by atoms with Crippen LogP contribution in [-0.4, -0.2) is 40.0 Å². The maximum Gasteiger partial charge on any atom is 0.340 e. The molecule has 1 aliphatic heterocycles. The van der Waals surface area contributed by atoms with Crippen molar-refractivity contribution in [1.29, 1.82) is 0 Å². The van der Waals surface area contributed by atoms with E-state index in [1.807, 2.05) is 31.2 Å². The van der Waals surface area contributed by atoms with E-state index >= 15 is 0 Å². The number of rotatable bonds is 5. The van der Waals surface area contributed by atoms with Crippen LogP contribution in [0.2, 0.25) is 5.02 Å². The second kappa shape index (κ2) is 8.52. The number of nitrogens with zero attached hydrogens (tertiary/aromatic N) is 1. The molecule has 3 rings (SSSR count). The molecule has 9 heteroatoms. The molecule has 2 aromatic rings. The van der Waals surface area contributed by atoms with Gasteiger partial charge >= 0.3 is 5.97 Å². The summed E-state index contributed by atoms with van der Waals surface area (Å²) in [4.78, 5) is 26.7. The number of ether oxygens (including phenoxy) is 1. The first-order valence-electron chi connectivity index (χ1n) is 9.05. The number of carbonyl (C=O) groups is 2. The molecule has 0 saturated carbocycles. The second-order valence-corrected chi connectivity index (χ2v) is 9.00. The molecule has 154 valence electrons. The molecule has 0 bridgehead atoms. The molecule has 1 N–H and O–H groups in total. The summed E-state index contributed by atoms with van der Waals surface area (Å²) in [6.45, 7) is 1.47. The third-order valence-electron chi connectivity index (χ3n) is 4.86. The molecule has 0 spiro atoms. The molecule has 0 aliphatic carbocycles. The zero-order chi connectivity index (χ0) is 21.2. The average molecular weight is 437 g/mol. The summed E-state index contributed by atoms with van der Waals surface area (Å²) in [5.41, 5.74) is 1.76. The second-order valence-electron chi connectivity index (χ2n) is 6.71. The molecule has 0 aromatic heterocycles. The van der Waals surface area contributed by atoms with Gasteiger partial charge in [-0.2, -0.15) is 0 Å². The van der Waals surface area contributed by atoms with E-state index in [0.717, 1.165) is 30.2 Å². The molecule has 0 fully saturated rings. The van der Waals surface area contributed by atoms with Crippen molar-refractivity contribution in [3.05, 3.63) is 58.6 Å². The van der Waals surface area contributed by atoms with Gasteiger partial charge in [0.2, 0.25) is 10.0 Å². The number of nitrogens with one attached hydrogen (secondary N) is 1. The van der Waals surface area contributed by atoms with E-state index < -0.39 is 22.6 Å². The normalized spacial score (nSPS) is 16.2. The summed E-state index contributed by atoms with van der Waals surface area (Å²) < 4.78 is 31.2. The van der Waals surface area contributed by atoms with E-state index in [9.17, 15) is 18.0 Å². The number of hydrogen-bond acceptors (Lipinski definition) is 5. The summed E-state index contributed by atoms with van der Waals surface area (Å²) in [5.74, 6) is -1.22. The number of sulfonamides is 1. The summed E-state index contributed by atoms with van der Waals surface area (Å²) >= 11 is 6.03. The Balaban J connectivity index is 1.76. The molecule has 29 heavy (non-hydrogen) atoms. The molecule has 1 unspecified atom stereocenters. The predicted molar refractivity (Wildman–Crippen MR) is 110 cm³/mol. The third kappa shape index (κ3) is 4.44. The van der Waals surface area contributed by atoms with Gasteiger partial charge in [-0.1, -0.05) is 29.8 Å². The van der Waals surface area contributed by atoms with Gasteiger partial charge in [-0.05, 0) is 56.6 Å². The van der Waals surface area contributed by atoms with Gasteiger partial charge in [-0.15, -0.1) is 0 Å². The van der Waals surface area contributed by atoms with Gasteiger partial charge in [0.05, 0.1) is 15.5 Å². The molecule has 1 atom stereocenters. The third-order valence-corrected chi connectivity index (χ3v) is 6.60. The lowest BCUT2D eigenvalue weighted by Gasteiger charge is -2.35. The van der Waals surface area contributed by atoms with Gasteiger partial charge in [0.15, 0.2) is 6.61 Å². The van der Waals surface area contributed by atoms with Crippen molar-refractivity contribution in [1.82, 2.24) is 4.72 Å². The Hall–Kier alpha value is -2.42. The number of para-hydroxylation sites is 1. The number of amides is 1. The topological polar surface area (TPSA) is 92.8 Å². The van der Waals surface area contributed by atoms with Crippen LogP contribution in [0.5, 0.6) is 0 Å². The Morgan fingerprint density at radius 1 is 1.24 bits per heavy atom. The number of hydrogen-bond donors (Lipinski definition) is 1. The standard InChI is InChI=1S/C20H21ClN2O5S/c1-13-7-8-14-5-3-4-6-18(14)23(13)19(24)12-28-20(25)16-11-15(9-10-17(16)21)29(26,27)22-2/h3-6,9-11,13,22H,7-8,12H2,1-2H3. The van der Waals surface area contributed by atoms with E-state index in [1.165, 1.54) is 19.2 Å². The molecular formula is C20H21ClN2O5S. The average Bonchev–Trinajstić information content (AvgIpc) is 2.71. The highest BCUT2D eigenvalue weighted by molar-refractivity contribution is 7.89. The first-order valence-corrected chi connectivity index (χ1v) is 10.9. The molecule has 1 aliphatic rings. The van der Waals surface area contributed by atoms with Gasteiger partial charge in [-0.3, -0.25) is 4.79 Å². The minimum atomic E-state index is -3.75. The lowest BCUT2D eigenvalue weighted by molar-refractivity contribution is -0.122. The first kappa shape index (κ1) is 21.3. The van der Waals surface area contributed by atoms with Gasteiger partial charge in [0.25, 0.3) is 5.91 Å². The fourth-order valence-electron chi connectivity index (χ4n) is 3.29. The number of halogens is 1. The largest absolute Gasteiger partial charge is 0.452 e. The van der Waals surface area contributed by atoms with Crippen LogP contribution in [0.25, 0.3) is 0 Å². The van der Waals surface area contributed by atoms with Crippen molar-refractivity contribution >= 4 is 39.2 Å². The van der Waals surface area contributed by atoms with Crippen LogP contribution in [-0.2, 0) is 26.0 Å². The van der Waals surface area contributed by atoms with Crippen LogP contribution >= 0.6 is 11.6 Å². The van der Waals surface area contributed by atoms with Crippen LogP contribution in [0.1, 0.15) is 29.3 Å². The van der Waals surface area contributed by atoms with Crippen molar-refractivity contribution < 1.29 is 22.7 Å². The Labute approximate surface area is 174 Å². The first-order chi connectivity index (χ1) is 13.7.